The van der Waals surface area contributed by atoms with E-state index in [9.17, 15) is 5.11 Å². The predicted octanol–water partition coefficient (Wildman–Crippen LogP) is 0.142. The van der Waals surface area contributed by atoms with Crippen LogP contribution in [0.25, 0.3) is 0 Å². The SMILES string of the molecule is COCCOCC(O)CSC1COC1. The second-order valence-corrected chi connectivity index (χ2v) is 4.55. The van der Waals surface area contributed by atoms with Crippen LogP contribution in [-0.2, 0) is 14.2 Å². The van der Waals surface area contributed by atoms with Crippen LogP contribution in [0.5, 0.6) is 0 Å². The summed E-state index contributed by atoms with van der Waals surface area (Å²) in [6.07, 6.45) is -0.377. The minimum Gasteiger partial charge on any atom is -0.390 e. The fourth-order valence-corrected chi connectivity index (χ4v) is 1.94. The molecule has 84 valence electrons. The standard InChI is InChI=1S/C9H18O4S/c1-11-2-3-12-4-8(10)7-14-9-5-13-6-9/h8-10H,2-7H2,1H3. The molecule has 0 amide bonds. The molecule has 1 N–H and O–H groups in total. The van der Waals surface area contributed by atoms with Crippen molar-refractivity contribution in [1.29, 1.82) is 0 Å². The Morgan fingerprint density at radius 1 is 1.50 bits per heavy atom. The van der Waals surface area contributed by atoms with Crippen LogP contribution in [-0.4, -0.2) is 62.4 Å². The maximum absolute atomic E-state index is 9.49. The highest BCUT2D eigenvalue weighted by atomic mass is 32.2. The van der Waals surface area contributed by atoms with Crippen LogP contribution in [0, 0.1) is 0 Å². The highest BCUT2D eigenvalue weighted by Crippen LogP contribution is 2.19. The van der Waals surface area contributed by atoms with Gasteiger partial charge in [-0.2, -0.15) is 11.8 Å². The number of ether oxygens (including phenoxy) is 3. The Bertz CT molecular complexity index is 141. The molecule has 1 atom stereocenters. The summed E-state index contributed by atoms with van der Waals surface area (Å²) in [5.74, 6) is 0.723. The summed E-state index contributed by atoms with van der Waals surface area (Å²) in [7, 11) is 1.63. The van der Waals surface area contributed by atoms with Gasteiger partial charge < -0.3 is 19.3 Å². The summed E-state index contributed by atoms with van der Waals surface area (Å²) in [4.78, 5) is 0. The Labute approximate surface area is 88.9 Å². The van der Waals surface area contributed by atoms with Crippen LogP contribution in [0.4, 0.5) is 0 Å². The summed E-state index contributed by atoms with van der Waals surface area (Å²) < 4.78 is 15.1. The van der Waals surface area contributed by atoms with E-state index in [2.05, 4.69) is 0 Å². The zero-order valence-corrected chi connectivity index (χ0v) is 9.29. The molecule has 0 aromatic heterocycles. The Hall–Kier alpha value is 0.190. The number of hydrogen-bond acceptors (Lipinski definition) is 5. The molecule has 1 saturated heterocycles. The monoisotopic (exact) mass is 222 g/mol. The average Bonchev–Trinajstić information content (AvgIpc) is 2.10. The maximum Gasteiger partial charge on any atom is 0.0863 e. The Kier molecular flexibility index (Phi) is 6.55. The topological polar surface area (TPSA) is 47.9 Å². The van der Waals surface area contributed by atoms with Gasteiger partial charge in [0.15, 0.2) is 0 Å². The third kappa shape index (κ3) is 5.17. The van der Waals surface area contributed by atoms with Crippen molar-refractivity contribution in [3.05, 3.63) is 0 Å². The number of rotatable bonds is 8. The normalized spacial score (nSPS) is 19.3. The average molecular weight is 222 g/mol. The van der Waals surface area contributed by atoms with Gasteiger partial charge in [0.1, 0.15) is 0 Å². The van der Waals surface area contributed by atoms with Crippen LogP contribution in [0.15, 0.2) is 0 Å². The summed E-state index contributed by atoms with van der Waals surface area (Å²) in [6, 6.07) is 0. The molecule has 0 radical (unpaired) electrons. The molecule has 0 aliphatic carbocycles. The van der Waals surface area contributed by atoms with Crippen molar-refractivity contribution in [2.24, 2.45) is 0 Å². The van der Waals surface area contributed by atoms with E-state index in [4.69, 9.17) is 14.2 Å². The first kappa shape index (κ1) is 12.3. The molecule has 5 heteroatoms. The molecule has 4 nitrogen and oxygen atoms in total. The number of aliphatic hydroxyl groups excluding tert-OH is 1. The van der Waals surface area contributed by atoms with Gasteiger partial charge in [0, 0.05) is 12.9 Å². The van der Waals surface area contributed by atoms with Crippen molar-refractivity contribution in [3.63, 3.8) is 0 Å². The molecule has 1 aliphatic rings. The lowest BCUT2D eigenvalue weighted by Gasteiger charge is -2.26. The molecule has 0 aromatic rings. The van der Waals surface area contributed by atoms with Gasteiger partial charge in [-0.05, 0) is 0 Å². The highest BCUT2D eigenvalue weighted by molar-refractivity contribution is 8.00. The molecule has 0 spiro atoms. The van der Waals surface area contributed by atoms with Gasteiger partial charge in [0.2, 0.25) is 0 Å². The molecular formula is C9H18O4S. The van der Waals surface area contributed by atoms with Gasteiger partial charge in [-0.3, -0.25) is 0 Å². The van der Waals surface area contributed by atoms with E-state index >= 15 is 0 Å². The molecule has 1 rings (SSSR count). The lowest BCUT2D eigenvalue weighted by Crippen LogP contribution is -2.32. The van der Waals surface area contributed by atoms with E-state index in [1.165, 1.54) is 0 Å². The first-order valence-electron chi connectivity index (χ1n) is 4.77. The second-order valence-electron chi connectivity index (χ2n) is 3.21. The Balaban J connectivity index is 1.84. The Morgan fingerprint density at radius 3 is 2.86 bits per heavy atom. The maximum atomic E-state index is 9.49. The van der Waals surface area contributed by atoms with Gasteiger partial charge >= 0.3 is 0 Å². The van der Waals surface area contributed by atoms with Crippen molar-refractivity contribution < 1.29 is 19.3 Å². The minimum atomic E-state index is -0.377. The predicted molar refractivity (Wildman–Crippen MR) is 55.8 cm³/mol. The van der Waals surface area contributed by atoms with Crippen LogP contribution in [0.1, 0.15) is 0 Å². The smallest absolute Gasteiger partial charge is 0.0863 e. The van der Waals surface area contributed by atoms with Crippen molar-refractivity contribution in [2.45, 2.75) is 11.4 Å². The molecule has 1 fully saturated rings. The number of thioether (sulfide) groups is 1. The lowest BCUT2D eigenvalue weighted by molar-refractivity contribution is 0.0209. The van der Waals surface area contributed by atoms with Gasteiger partial charge in [-0.1, -0.05) is 0 Å². The van der Waals surface area contributed by atoms with Crippen molar-refractivity contribution in [1.82, 2.24) is 0 Å². The van der Waals surface area contributed by atoms with Gasteiger partial charge in [-0.25, -0.2) is 0 Å². The molecule has 14 heavy (non-hydrogen) atoms. The van der Waals surface area contributed by atoms with E-state index in [0.717, 1.165) is 19.0 Å². The van der Waals surface area contributed by atoms with Crippen molar-refractivity contribution >= 4 is 11.8 Å². The van der Waals surface area contributed by atoms with E-state index < -0.39 is 0 Å². The van der Waals surface area contributed by atoms with Crippen LogP contribution < -0.4 is 0 Å². The summed E-state index contributed by atoms with van der Waals surface area (Å²) in [5.41, 5.74) is 0. The fraction of sp³-hybridized carbons (Fsp3) is 1.00. The quantitative estimate of drug-likeness (QED) is 0.592. The summed E-state index contributed by atoms with van der Waals surface area (Å²) in [6.45, 7) is 3.16. The first-order valence-corrected chi connectivity index (χ1v) is 5.82. The van der Waals surface area contributed by atoms with Crippen LogP contribution in [0.3, 0.4) is 0 Å². The van der Waals surface area contributed by atoms with Crippen LogP contribution >= 0.6 is 11.8 Å². The molecule has 1 unspecified atom stereocenters. The highest BCUT2D eigenvalue weighted by Gasteiger charge is 2.19. The van der Waals surface area contributed by atoms with Crippen molar-refractivity contribution in [2.75, 3.05) is 45.9 Å². The third-order valence-corrected chi connectivity index (χ3v) is 3.19. The first-order chi connectivity index (χ1) is 6.83. The molecular weight excluding hydrogens is 204 g/mol. The lowest BCUT2D eigenvalue weighted by atomic mass is 10.4. The van der Waals surface area contributed by atoms with Gasteiger partial charge in [-0.15, -0.1) is 0 Å². The molecule has 0 saturated carbocycles. The van der Waals surface area contributed by atoms with Crippen LogP contribution in [0.2, 0.25) is 0 Å². The zero-order chi connectivity index (χ0) is 10.2. The third-order valence-electron chi connectivity index (χ3n) is 1.87. The molecule has 0 bridgehead atoms. The number of hydrogen-bond donors (Lipinski definition) is 1. The second kappa shape index (κ2) is 7.48. The zero-order valence-electron chi connectivity index (χ0n) is 8.48. The van der Waals surface area contributed by atoms with E-state index in [-0.39, 0.29) is 6.10 Å². The molecule has 0 aromatic carbocycles. The van der Waals surface area contributed by atoms with E-state index in [0.29, 0.717) is 25.1 Å². The minimum absolute atomic E-state index is 0.377. The largest absolute Gasteiger partial charge is 0.390 e. The summed E-state index contributed by atoms with van der Waals surface area (Å²) >= 11 is 1.75. The molecule has 1 heterocycles. The van der Waals surface area contributed by atoms with Gasteiger partial charge in [0.25, 0.3) is 0 Å². The fourth-order valence-electron chi connectivity index (χ4n) is 0.967. The Morgan fingerprint density at radius 2 is 2.29 bits per heavy atom. The van der Waals surface area contributed by atoms with Crippen molar-refractivity contribution in [3.8, 4) is 0 Å². The number of aliphatic hydroxyl groups is 1. The van der Waals surface area contributed by atoms with E-state index in [1.807, 2.05) is 0 Å². The summed E-state index contributed by atoms with van der Waals surface area (Å²) in [5, 5.41) is 10.1. The number of methoxy groups -OCH3 is 1. The van der Waals surface area contributed by atoms with E-state index in [1.54, 1.807) is 18.9 Å². The van der Waals surface area contributed by atoms with Gasteiger partial charge in [0.05, 0.1) is 44.4 Å². The molecule has 1 aliphatic heterocycles.